The van der Waals surface area contributed by atoms with E-state index in [4.69, 9.17) is 5.11 Å². The van der Waals surface area contributed by atoms with Gasteiger partial charge in [0.1, 0.15) is 6.61 Å². The summed E-state index contributed by atoms with van der Waals surface area (Å²) in [5, 5.41) is 11.6. The van der Waals surface area contributed by atoms with Gasteiger partial charge in [0.2, 0.25) is 5.91 Å². The van der Waals surface area contributed by atoms with Crippen LogP contribution in [0.25, 0.3) is 0 Å². The molecule has 144 valence electrons. The molecule has 0 spiro atoms. The summed E-state index contributed by atoms with van der Waals surface area (Å²) in [6.45, 7) is -1.26. The smallest absolute Gasteiger partial charge is 0.411 e. The summed E-state index contributed by atoms with van der Waals surface area (Å²) in [5.41, 5.74) is 2.13. The van der Waals surface area contributed by atoms with Crippen molar-refractivity contribution in [1.29, 1.82) is 0 Å². The monoisotopic (exact) mass is 381 g/mol. The van der Waals surface area contributed by atoms with E-state index >= 15 is 0 Å². The molecule has 2 rings (SSSR count). The SMILES string of the molecule is O=C(Cc1ccc(C(=O)O)cc1)NCc1cccc(COCC(F)(F)F)c1. The van der Waals surface area contributed by atoms with Crippen LogP contribution in [0.5, 0.6) is 0 Å². The zero-order valence-corrected chi connectivity index (χ0v) is 14.3. The maximum Gasteiger partial charge on any atom is 0.411 e. The van der Waals surface area contributed by atoms with Crippen molar-refractivity contribution >= 4 is 11.9 Å². The van der Waals surface area contributed by atoms with Crippen LogP contribution < -0.4 is 5.32 Å². The summed E-state index contributed by atoms with van der Waals surface area (Å²) in [7, 11) is 0. The highest BCUT2D eigenvalue weighted by Gasteiger charge is 2.27. The summed E-state index contributed by atoms with van der Waals surface area (Å²) in [4.78, 5) is 22.8. The highest BCUT2D eigenvalue weighted by atomic mass is 19.4. The number of amides is 1. The molecule has 0 aliphatic heterocycles. The number of carbonyl (C=O) groups is 2. The molecule has 0 radical (unpaired) electrons. The third kappa shape index (κ3) is 7.49. The number of halogens is 3. The summed E-state index contributed by atoms with van der Waals surface area (Å²) in [6.07, 6.45) is -4.28. The van der Waals surface area contributed by atoms with Crippen LogP contribution in [0.4, 0.5) is 13.2 Å². The zero-order chi connectivity index (χ0) is 19.9. The Kier molecular flexibility index (Phi) is 6.95. The standard InChI is InChI=1S/C19H18F3NO4/c20-19(21,22)12-27-11-15-3-1-2-14(8-15)10-23-17(24)9-13-4-6-16(7-5-13)18(25)26/h1-8H,9-12H2,(H,23,24)(H,25,26). The average Bonchev–Trinajstić information content (AvgIpc) is 2.60. The summed E-state index contributed by atoms with van der Waals surface area (Å²) < 4.78 is 40.9. The minimum atomic E-state index is -4.37. The first-order valence-corrected chi connectivity index (χ1v) is 8.04. The number of hydrogen-bond donors (Lipinski definition) is 2. The van der Waals surface area contributed by atoms with E-state index in [1.165, 1.54) is 12.1 Å². The molecule has 0 saturated carbocycles. The third-order valence-corrected chi connectivity index (χ3v) is 3.58. The number of carboxylic acids is 1. The van der Waals surface area contributed by atoms with Gasteiger partial charge in [-0.25, -0.2) is 4.79 Å². The quantitative estimate of drug-likeness (QED) is 0.736. The zero-order valence-electron chi connectivity index (χ0n) is 14.3. The Labute approximate surface area is 153 Å². The van der Waals surface area contributed by atoms with Gasteiger partial charge < -0.3 is 15.2 Å². The van der Waals surface area contributed by atoms with Gasteiger partial charge in [-0.2, -0.15) is 13.2 Å². The van der Waals surface area contributed by atoms with E-state index in [1.54, 1.807) is 36.4 Å². The minimum Gasteiger partial charge on any atom is -0.478 e. The van der Waals surface area contributed by atoms with Crippen LogP contribution in [0.1, 0.15) is 27.0 Å². The molecule has 0 atom stereocenters. The fraction of sp³-hybridized carbons (Fsp3) is 0.263. The van der Waals surface area contributed by atoms with Crippen molar-refractivity contribution in [3.8, 4) is 0 Å². The molecule has 1 amide bonds. The molecule has 27 heavy (non-hydrogen) atoms. The van der Waals surface area contributed by atoms with Crippen LogP contribution in [0.3, 0.4) is 0 Å². The van der Waals surface area contributed by atoms with Crippen molar-refractivity contribution in [2.45, 2.75) is 25.7 Å². The highest BCUT2D eigenvalue weighted by molar-refractivity contribution is 5.87. The molecular formula is C19H18F3NO4. The van der Waals surface area contributed by atoms with Gasteiger partial charge in [-0.05, 0) is 28.8 Å². The molecule has 0 heterocycles. The van der Waals surface area contributed by atoms with Crippen LogP contribution >= 0.6 is 0 Å². The first kappa shape index (κ1) is 20.4. The predicted molar refractivity (Wildman–Crippen MR) is 91.1 cm³/mol. The fourth-order valence-corrected chi connectivity index (χ4v) is 2.33. The molecule has 0 aliphatic carbocycles. The van der Waals surface area contributed by atoms with E-state index < -0.39 is 18.8 Å². The van der Waals surface area contributed by atoms with E-state index in [9.17, 15) is 22.8 Å². The van der Waals surface area contributed by atoms with Gasteiger partial charge in [0.15, 0.2) is 0 Å². The first-order valence-electron chi connectivity index (χ1n) is 8.04. The number of carbonyl (C=O) groups excluding carboxylic acids is 1. The fourth-order valence-electron chi connectivity index (χ4n) is 2.33. The van der Waals surface area contributed by atoms with Gasteiger partial charge in [0.05, 0.1) is 18.6 Å². The number of hydrogen-bond acceptors (Lipinski definition) is 3. The number of aromatic carboxylic acids is 1. The van der Waals surface area contributed by atoms with E-state index in [1.807, 2.05) is 0 Å². The predicted octanol–water partition coefficient (Wildman–Crippen LogP) is 3.32. The Morgan fingerprint density at radius 2 is 1.67 bits per heavy atom. The Morgan fingerprint density at radius 1 is 1.00 bits per heavy atom. The number of alkyl halides is 3. The number of rotatable bonds is 8. The van der Waals surface area contributed by atoms with Gasteiger partial charge in [0.25, 0.3) is 0 Å². The maximum atomic E-state index is 12.1. The number of ether oxygens (including phenoxy) is 1. The second kappa shape index (κ2) is 9.18. The Balaban J connectivity index is 1.82. The molecule has 2 aromatic carbocycles. The topological polar surface area (TPSA) is 75.6 Å². The summed E-state index contributed by atoms with van der Waals surface area (Å²) in [6, 6.07) is 12.7. The van der Waals surface area contributed by atoms with Crippen molar-refractivity contribution in [2.75, 3.05) is 6.61 Å². The lowest BCUT2D eigenvalue weighted by Crippen LogP contribution is -2.24. The molecule has 8 heteroatoms. The van der Waals surface area contributed by atoms with Gasteiger partial charge in [-0.15, -0.1) is 0 Å². The Bertz CT molecular complexity index is 788. The van der Waals surface area contributed by atoms with Crippen molar-refractivity contribution in [3.63, 3.8) is 0 Å². The third-order valence-electron chi connectivity index (χ3n) is 3.58. The maximum absolute atomic E-state index is 12.1. The molecule has 0 fully saturated rings. The number of carboxylic acid groups (broad SMARTS) is 1. The van der Waals surface area contributed by atoms with Crippen molar-refractivity contribution in [3.05, 3.63) is 70.8 Å². The summed E-state index contributed by atoms with van der Waals surface area (Å²) in [5.74, 6) is -1.29. The van der Waals surface area contributed by atoms with Crippen LogP contribution in [0.15, 0.2) is 48.5 Å². The number of nitrogens with one attached hydrogen (secondary N) is 1. The molecule has 2 N–H and O–H groups in total. The van der Waals surface area contributed by atoms with E-state index in [0.29, 0.717) is 11.1 Å². The molecule has 0 aromatic heterocycles. The van der Waals surface area contributed by atoms with E-state index in [-0.39, 0.29) is 31.0 Å². The molecule has 0 bridgehead atoms. The van der Waals surface area contributed by atoms with E-state index in [2.05, 4.69) is 10.1 Å². The van der Waals surface area contributed by atoms with E-state index in [0.717, 1.165) is 5.56 Å². The van der Waals surface area contributed by atoms with Crippen LogP contribution in [0.2, 0.25) is 0 Å². The average molecular weight is 381 g/mol. The van der Waals surface area contributed by atoms with Crippen LogP contribution in [-0.2, 0) is 29.1 Å². The lowest BCUT2D eigenvalue weighted by atomic mass is 10.1. The normalized spacial score (nSPS) is 11.2. The largest absolute Gasteiger partial charge is 0.478 e. The summed E-state index contributed by atoms with van der Waals surface area (Å²) >= 11 is 0. The molecule has 0 saturated heterocycles. The lowest BCUT2D eigenvalue weighted by molar-refractivity contribution is -0.176. The van der Waals surface area contributed by atoms with Gasteiger partial charge in [0, 0.05) is 6.54 Å². The van der Waals surface area contributed by atoms with Crippen LogP contribution in [0, 0.1) is 0 Å². The highest BCUT2D eigenvalue weighted by Crippen LogP contribution is 2.16. The molecule has 5 nitrogen and oxygen atoms in total. The molecular weight excluding hydrogens is 363 g/mol. The second-order valence-electron chi connectivity index (χ2n) is 5.88. The van der Waals surface area contributed by atoms with Gasteiger partial charge in [-0.1, -0.05) is 36.4 Å². The van der Waals surface area contributed by atoms with Crippen LogP contribution in [-0.4, -0.2) is 29.8 Å². The molecule has 2 aromatic rings. The minimum absolute atomic E-state index is 0.0916. The number of benzene rings is 2. The van der Waals surface area contributed by atoms with Gasteiger partial charge in [-0.3, -0.25) is 4.79 Å². The van der Waals surface area contributed by atoms with Crippen molar-refractivity contribution in [2.24, 2.45) is 0 Å². The van der Waals surface area contributed by atoms with Crippen molar-refractivity contribution in [1.82, 2.24) is 5.32 Å². The second-order valence-corrected chi connectivity index (χ2v) is 5.88. The van der Waals surface area contributed by atoms with Crippen molar-refractivity contribution < 1.29 is 32.6 Å². The first-order chi connectivity index (χ1) is 12.7. The molecule has 0 unspecified atom stereocenters. The Morgan fingerprint density at radius 3 is 2.30 bits per heavy atom. The van der Waals surface area contributed by atoms with Gasteiger partial charge >= 0.3 is 12.1 Å². The molecule has 0 aliphatic rings. The lowest BCUT2D eigenvalue weighted by Gasteiger charge is -2.10. The Hall–Kier alpha value is -2.87.